The summed E-state index contributed by atoms with van der Waals surface area (Å²) in [5.74, 6) is -0.930. The second kappa shape index (κ2) is 5.56. The van der Waals surface area contributed by atoms with E-state index in [2.05, 4.69) is 0 Å². The molecule has 10 heavy (non-hydrogen) atoms. The molecule has 1 atom stereocenters. The molecule has 0 saturated carbocycles. The zero-order chi connectivity index (χ0) is 7.98. The third kappa shape index (κ3) is 3.74. The first-order valence-corrected chi connectivity index (χ1v) is 4.09. The molecule has 0 aliphatic rings. The van der Waals surface area contributed by atoms with Crippen molar-refractivity contribution in [3.63, 3.8) is 0 Å². The fourth-order valence-corrected chi connectivity index (χ4v) is 0.973. The SMILES string of the molecule is CCCCC(SO)C(=O)O. The van der Waals surface area contributed by atoms with Crippen molar-refractivity contribution in [2.75, 3.05) is 0 Å². The van der Waals surface area contributed by atoms with Crippen molar-refractivity contribution in [1.29, 1.82) is 0 Å². The van der Waals surface area contributed by atoms with Crippen LogP contribution in [0.5, 0.6) is 0 Å². The highest BCUT2D eigenvalue weighted by molar-refractivity contribution is 7.95. The van der Waals surface area contributed by atoms with Crippen molar-refractivity contribution in [1.82, 2.24) is 0 Å². The van der Waals surface area contributed by atoms with Gasteiger partial charge >= 0.3 is 5.97 Å². The third-order valence-electron chi connectivity index (χ3n) is 1.22. The highest BCUT2D eigenvalue weighted by atomic mass is 32.2. The number of unbranched alkanes of at least 4 members (excludes halogenated alkanes) is 1. The Labute approximate surface area is 64.6 Å². The number of carboxylic acids is 1. The highest BCUT2D eigenvalue weighted by Crippen LogP contribution is 2.13. The fraction of sp³-hybridized carbons (Fsp3) is 0.833. The second-order valence-electron chi connectivity index (χ2n) is 2.07. The molecule has 0 aromatic heterocycles. The lowest BCUT2D eigenvalue weighted by Crippen LogP contribution is -2.15. The molecule has 0 saturated heterocycles. The van der Waals surface area contributed by atoms with E-state index in [4.69, 9.17) is 9.66 Å². The molecule has 0 amide bonds. The molecule has 0 fully saturated rings. The quantitative estimate of drug-likeness (QED) is 0.609. The predicted octanol–water partition coefficient (Wildman–Crippen LogP) is 1.84. The molecular formula is C6H12O3S. The minimum atomic E-state index is -0.930. The number of carbonyl (C=O) groups is 1. The van der Waals surface area contributed by atoms with Crippen LogP contribution in [0.4, 0.5) is 0 Å². The van der Waals surface area contributed by atoms with Gasteiger partial charge in [-0.2, -0.15) is 0 Å². The van der Waals surface area contributed by atoms with Crippen LogP contribution in [-0.2, 0) is 4.79 Å². The summed E-state index contributed by atoms with van der Waals surface area (Å²) in [6.45, 7) is 1.99. The Morgan fingerprint density at radius 2 is 2.30 bits per heavy atom. The lowest BCUT2D eigenvalue weighted by Gasteiger charge is -2.04. The molecule has 0 bridgehead atoms. The van der Waals surface area contributed by atoms with Crippen molar-refractivity contribution in [2.45, 2.75) is 31.4 Å². The molecule has 0 aliphatic carbocycles. The molecule has 3 nitrogen and oxygen atoms in total. The largest absolute Gasteiger partial charge is 0.480 e. The Morgan fingerprint density at radius 1 is 1.70 bits per heavy atom. The monoisotopic (exact) mass is 164 g/mol. The molecule has 2 N–H and O–H groups in total. The molecule has 4 heteroatoms. The number of aliphatic carboxylic acids is 1. The summed E-state index contributed by atoms with van der Waals surface area (Å²) in [4.78, 5) is 10.3. The molecular weight excluding hydrogens is 152 g/mol. The zero-order valence-electron chi connectivity index (χ0n) is 5.91. The molecule has 0 aromatic carbocycles. The van der Waals surface area contributed by atoms with E-state index in [9.17, 15) is 4.79 Å². The van der Waals surface area contributed by atoms with Crippen LogP contribution >= 0.6 is 12.0 Å². The van der Waals surface area contributed by atoms with Crippen LogP contribution in [-0.4, -0.2) is 20.9 Å². The molecule has 0 spiro atoms. The van der Waals surface area contributed by atoms with Crippen LogP contribution in [0.3, 0.4) is 0 Å². The molecule has 0 aromatic rings. The summed E-state index contributed by atoms with van der Waals surface area (Å²) < 4.78 is 8.46. The van der Waals surface area contributed by atoms with E-state index in [1.807, 2.05) is 6.92 Å². The maximum absolute atomic E-state index is 10.3. The van der Waals surface area contributed by atoms with Crippen LogP contribution in [0, 0.1) is 0 Å². The predicted molar refractivity (Wildman–Crippen MR) is 41.2 cm³/mol. The van der Waals surface area contributed by atoms with Crippen molar-refractivity contribution in [3.05, 3.63) is 0 Å². The van der Waals surface area contributed by atoms with E-state index in [1.165, 1.54) is 0 Å². The first kappa shape index (κ1) is 9.78. The first-order valence-electron chi connectivity index (χ1n) is 3.25. The van der Waals surface area contributed by atoms with E-state index in [-0.39, 0.29) is 0 Å². The Balaban J connectivity index is 3.50. The fourth-order valence-electron chi connectivity index (χ4n) is 0.611. The lowest BCUT2D eigenvalue weighted by atomic mass is 10.2. The number of carboxylic acid groups (broad SMARTS) is 1. The first-order chi connectivity index (χ1) is 4.72. The van der Waals surface area contributed by atoms with Crippen LogP contribution in [0.2, 0.25) is 0 Å². The molecule has 0 aliphatic heterocycles. The average Bonchev–Trinajstić information content (AvgIpc) is 1.89. The van der Waals surface area contributed by atoms with Crippen molar-refractivity contribution in [3.8, 4) is 0 Å². The minimum Gasteiger partial charge on any atom is -0.480 e. The molecule has 1 unspecified atom stereocenters. The summed E-state index contributed by atoms with van der Waals surface area (Å²) in [5, 5.41) is 7.78. The van der Waals surface area contributed by atoms with E-state index in [1.54, 1.807) is 0 Å². The van der Waals surface area contributed by atoms with Gasteiger partial charge in [0.25, 0.3) is 0 Å². The van der Waals surface area contributed by atoms with Crippen LogP contribution < -0.4 is 0 Å². The summed E-state index contributed by atoms with van der Waals surface area (Å²) >= 11 is 0.418. The molecule has 60 valence electrons. The Hall–Kier alpha value is -0.220. The van der Waals surface area contributed by atoms with Crippen molar-refractivity contribution < 1.29 is 14.5 Å². The maximum Gasteiger partial charge on any atom is 0.318 e. The van der Waals surface area contributed by atoms with Gasteiger partial charge < -0.3 is 9.66 Å². The van der Waals surface area contributed by atoms with E-state index >= 15 is 0 Å². The van der Waals surface area contributed by atoms with E-state index in [0.29, 0.717) is 18.5 Å². The summed E-state index contributed by atoms with van der Waals surface area (Å²) in [6, 6.07) is 0. The van der Waals surface area contributed by atoms with Crippen LogP contribution in [0.1, 0.15) is 26.2 Å². The standard InChI is InChI=1S/C6H12O3S/c1-2-3-4-5(10-9)6(7)8/h5,9H,2-4H2,1H3,(H,7,8). The normalized spacial score (nSPS) is 13.0. The van der Waals surface area contributed by atoms with Gasteiger partial charge in [-0.25, -0.2) is 0 Å². The van der Waals surface area contributed by atoms with Gasteiger partial charge in [0.2, 0.25) is 0 Å². The number of hydrogen-bond donors (Lipinski definition) is 2. The Morgan fingerprint density at radius 3 is 2.60 bits per heavy atom. The van der Waals surface area contributed by atoms with E-state index in [0.717, 1.165) is 12.8 Å². The van der Waals surface area contributed by atoms with Crippen LogP contribution in [0.15, 0.2) is 0 Å². The lowest BCUT2D eigenvalue weighted by molar-refractivity contribution is -0.136. The van der Waals surface area contributed by atoms with Gasteiger partial charge in [-0.15, -0.1) is 0 Å². The average molecular weight is 164 g/mol. The van der Waals surface area contributed by atoms with Gasteiger partial charge in [0.1, 0.15) is 5.25 Å². The van der Waals surface area contributed by atoms with Gasteiger partial charge in [0.05, 0.1) is 0 Å². The van der Waals surface area contributed by atoms with Gasteiger partial charge in [-0.3, -0.25) is 4.79 Å². The smallest absolute Gasteiger partial charge is 0.318 e. The minimum absolute atomic E-state index is 0.418. The third-order valence-corrected chi connectivity index (χ3v) is 1.91. The van der Waals surface area contributed by atoms with Gasteiger partial charge in [0, 0.05) is 12.0 Å². The van der Waals surface area contributed by atoms with Crippen molar-refractivity contribution in [2.24, 2.45) is 0 Å². The van der Waals surface area contributed by atoms with Gasteiger partial charge in [-0.1, -0.05) is 19.8 Å². The van der Waals surface area contributed by atoms with Crippen LogP contribution in [0.25, 0.3) is 0 Å². The van der Waals surface area contributed by atoms with Gasteiger partial charge in [-0.05, 0) is 6.42 Å². The second-order valence-corrected chi connectivity index (χ2v) is 2.85. The molecule has 0 heterocycles. The molecule has 0 rings (SSSR count). The highest BCUT2D eigenvalue weighted by Gasteiger charge is 2.15. The van der Waals surface area contributed by atoms with Gasteiger partial charge in [0.15, 0.2) is 0 Å². The topological polar surface area (TPSA) is 57.5 Å². The number of hydrogen-bond acceptors (Lipinski definition) is 3. The Kier molecular flexibility index (Phi) is 5.43. The Bertz CT molecular complexity index is 105. The summed E-state index contributed by atoms with van der Waals surface area (Å²) in [6.07, 6.45) is 2.36. The number of rotatable bonds is 5. The maximum atomic E-state index is 10.3. The summed E-state index contributed by atoms with van der Waals surface area (Å²) in [5.41, 5.74) is 0. The van der Waals surface area contributed by atoms with E-state index < -0.39 is 11.2 Å². The molecule has 0 radical (unpaired) electrons. The summed E-state index contributed by atoms with van der Waals surface area (Å²) in [7, 11) is 0. The van der Waals surface area contributed by atoms with Crippen molar-refractivity contribution >= 4 is 18.0 Å². The zero-order valence-corrected chi connectivity index (χ0v) is 6.73.